The molecule has 0 aromatic carbocycles. The molecule has 2 saturated heterocycles. The Morgan fingerprint density at radius 3 is 2.57 bits per heavy atom. The van der Waals surface area contributed by atoms with Gasteiger partial charge in [0, 0.05) is 31.9 Å². The van der Waals surface area contributed by atoms with Crippen LogP contribution < -0.4 is 4.90 Å². The Labute approximate surface area is 129 Å². The fourth-order valence-electron chi connectivity index (χ4n) is 3.80. The zero-order valence-corrected chi connectivity index (χ0v) is 13.6. The van der Waals surface area contributed by atoms with Crippen LogP contribution in [0.4, 0.5) is 5.82 Å². The average molecular weight is 287 g/mol. The van der Waals surface area contributed by atoms with E-state index in [0.717, 1.165) is 5.92 Å². The van der Waals surface area contributed by atoms with Gasteiger partial charge in [-0.1, -0.05) is 19.9 Å². The lowest BCUT2D eigenvalue weighted by Crippen LogP contribution is -2.30. The van der Waals surface area contributed by atoms with Crippen molar-refractivity contribution in [3.63, 3.8) is 0 Å². The number of hydrogen-bond acceptors (Lipinski definition) is 3. The van der Waals surface area contributed by atoms with E-state index in [1.165, 1.54) is 69.7 Å². The first-order chi connectivity index (χ1) is 10.2. The van der Waals surface area contributed by atoms with E-state index in [-0.39, 0.29) is 0 Å². The SMILES string of the molecule is CC(C)CN1CCC[C@@H]1c1ccc(N2CCCCC2)nc1. The molecule has 0 spiro atoms. The van der Waals surface area contributed by atoms with Crippen molar-refractivity contribution in [1.82, 2.24) is 9.88 Å². The number of aromatic nitrogens is 1. The Hall–Kier alpha value is -1.09. The highest BCUT2D eigenvalue weighted by Gasteiger charge is 2.26. The number of nitrogens with zero attached hydrogens (tertiary/aromatic N) is 3. The van der Waals surface area contributed by atoms with Crippen molar-refractivity contribution in [1.29, 1.82) is 0 Å². The molecule has 1 atom stereocenters. The third-order valence-electron chi connectivity index (χ3n) is 4.80. The van der Waals surface area contributed by atoms with Gasteiger partial charge in [-0.2, -0.15) is 0 Å². The van der Waals surface area contributed by atoms with Crippen LogP contribution in [0.3, 0.4) is 0 Å². The number of piperidine rings is 1. The van der Waals surface area contributed by atoms with Gasteiger partial charge in [-0.05, 0) is 56.2 Å². The Bertz CT molecular complexity index is 434. The topological polar surface area (TPSA) is 19.4 Å². The second-order valence-corrected chi connectivity index (χ2v) is 7.04. The predicted molar refractivity (Wildman–Crippen MR) is 88.7 cm³/mol. The normalized spacial score (nSPS) is 24.0. The van der Waals surface area contributed by atoms with Crippen LogP contribution in [0.15, 0.2) is 18.3 Å². The van der Waals surface area contributed by atoms with Crippen LogP contribution in [-0.2, 0) is 0 Å². The molecule has 0 aliphatic carbocycles. The molecule has 3 heteroatoms. The number of anilines is 1. The third kappa shape index (κ3) is 3.57. The maximum Gasteiger partial charge on any atom is 0.128 e. The van der Waals surface area contributed by atoms with Crippen LogP contribution in [0.25, 0.3) is 0 Å². The van der Waals surface area contributed by atoms with Gasteiger partial charge in [0.1, 0.15) is 5.82 Å². The molecule has 3 heterocycles. The van der Waals surface area contributed by atoms with Crippen molar-refractivity contribution in [2.45, 2.75) is 52.0 Å². The van der Waals surface area contributed by atoms with Crippen LogP contribution in [0.5, 0.6) is 0 Å². The van der Waals surface area contributed by atoms with Crippen LogP contribution >= 0.6 is 0 Å². The minimum Gasteiger partial charge on any atom is -0.357 e. The van der Waals surface area contributed by atoms with Gasteiger partial charge in [-0.3, -0.25) is 4.90 Å². The largest absolute Gasteiger partial charge is 0.357 e. The van der Waals surface area contributed by atoms with E-state index in [1.54, 1.807) is 0 Å². The molecule has 0 radical (unpaired) electrons. The van der Waals surface area contributed by atoms with E-state index in [9.17, 15) is 0 Å². The van der Waals surface area contributed by atoms with Crippen LogP contribution in [0.2, 0.25) is 0 Å². The molecule has 116 valence electrons. The van der Waals surface area contributed by atoms with Crippen molar-refractivity contribution in [3.8, 4) is 0 Å². The predicted octanol–water partition coefficient (Wildman–Crippen LogP) is 3.86. The molecule has 0 N–H and O–H groups in total. The van der Waals surface area contributed by atoms with E-state index in [2.05, 4.69) is 42.0 Å². The standard InChI is InChI=1S/C18H29N3/c1-15(2)14-21-12-6-7-17(21)16-8-9-18(19-13-16)20-10-4-3-5-11-20/h8-9,13,15,17H,3-7,10-12,14H2,1-2H3/t17-/m1/s1. The summed E-state index contributed by atoms with van der Waals surface area (Å²) in [6.07, 6.45) is 8.75. The summed E-state index contributed by atoms with van der Waals surface area (Å²) >= 11 is 0. The molecule has 3 rings (SSSR count). The molecule has 1 aromatic rings. The van der Waals surface area contributed by atoms with Gasteiger partial charge in [0.25, 0.3) is 0 Å². The second-order valence-electron chi connectivity index (χ2n) is 7.04. The lowest BCUT2D eigenvalue weighted by atomic mass is 10.1. The summed E-state index contributed by atoms with van der Waals surface area (Å²) < 4.78 is 0. The van der Waals surface area contributed by atoms with E-state index in [4.69, 9.17) is 4.98 Å². The van der Waals surface area contributed by atoms with Crippen molar-refractivity contribution in [2.24, 2.45) is 5.92 Å². The highest BCUT2D eigenvalue weighted by atomic mass is 15.2. The zero-order chi connectivity index (χ0) is 14.7. The minimum absolute atomic E-state index is 0.593. The number of rotatable bonds is 4. The highest BCUT2D eigenvalue weighted by molar-refractivity contribution is 5.40. The molecular formula is C18H29N3. The van der Waals surface area contributed by atoms with Crippen LogP contribution in [0, 0.1) is 5.92 Å². The number of hydrogen-bond donors (Lipinski definition) is 0. The van der Waals surface area contributed by atoms with Gasteiger partial charge in [0.2, 0.25) is 0 Å². The maximum atomic E-state index is 4.76. The number of likely N-dealkylation sites (tertiary alicyclic amines) is 1. The summed E-state index contributed by atoms with van der Waals surface area (Å²) in [5.74, 6) is 1.91. The fourth-order valence-corrected chi connectivity index (χ4v) is 3.80. The van der Waals surface area contributed by atoms with E-state index >= 15 is 0 Å². The average Bonchev–Trinajstić information content (AvgIpc) is 2.96. The van der Waals surface area contributed by atoms with Gasteiger partial charge in [0.15, 0.2) is 0 Å². The molecule has 0 saturated carbocycles. The first-order valence-corrected chi connectivity index (χ1v) is 8.69. The van der Waals surface area contributed by atoms with E-state index < -0.39 is 0 Å². The Balaban J connectivity index is 1.68. The van der Waals surface area contributed by atoms with E-state index in [0.29, 0.717) is 6.04 Å². The molecule has 0 amide bonds. The summed E-state index contributed by atoms with van der Waals surface area (Å²) in [5, 5.41) is 0. The fraction of sp³-hybridized carbons (Fsp3) is 0.722. The molecule has 0 bridgehead atoms. The van der Waals surface area contributed by atoms with Crippen molar-refractivity contribution in [2.75, 3.05) is 31.1 Å². The van der Waals surface area contributed by atoms with Crippen molar-refractivity contribution >= 4 is 5.82 Å². The van der Waals surface area contributed by atoms with Crippen LogP contribution in [-0.4, -0.2) is 36.1 Å². The molecule has 0 unspecified atom stereocenters. The molecule has 21 heavy (non-hydrogen) atoms. The van der Waals surface area contributed by atoms with Crippen molar-refractivity contribution < 1.29 is 0 Å². The Morgan fingerprint density at radius 2 is 1.90 bits per heavy atom. The molecule has 2 aliphatic rings. The summed E-state index contributed by atoms with van der Waals surface area (Å²) in [5.41, 5.74) is 1.41. The molecule has 2 fully saturated rings. The quantitative estimate of drug-likeness (QED) is 0.838. The second kappa shape index (κ2) is 6.78. The summed E-state index contributed by atoms with van der Waals surface area (Å²) in [4.78, 5) is 9.84. The summed E-state index contributed by atoms with van der Waals surface area (Å²) in [6.45, 7) is 9.43. The molecular weight excluding hydrogens is 258 g/mol. The first-order valence-electron chi connectivity index (χ1n) is 8.69. The van der Waals surface area contributed by atoms with Gasteiger partial charge < -0.3 is 4.90 Å². The zero-order valence-electron chi connectivity index (χ0n) is 13.6. The smallest absolute Gasteiger partial charge is 0.128 e. The van der Waals surface area contributed by atoms with Crippen LogP contribution in [0.1, 0.15) is 57.6 Å². The Morgan fingerprint density at radius 1 is 1.10 bits per heavy atom. The minimum atomic E-state index is 0.593. The molecule has 2 aliphatic heterocycles. The molecule has 1 aromatic heterocycles. The monoisotopic (exact) mass is 287 g/mol. The maximum absolute atomic E-state index is 4.76. The molecule has 3 nitrogen and oxygen atoms in total. The van der Waals surface area contributed by atoms with Gasteiger partial charge in [0.05, 0.1) is 0 Å². The Kier molecular flexibility index (Phi) is 4.79. The first kappa shape index (κ1) is 14.8. The number of pyridine rings is 1. The van der Waals surface area contributed by atoms with Gasteiger partial charge >= 0.3 is 0 Å². The highest BCUT2D eigenvalue weighted by Crippen LogP contribution is 2.32. The van der Waals surface area contributed by atoms with Crippen molar-refractivity contribution in [3.05, 3.63) is 23.9 Å². The van der Waals surface area contributed by atoms with Gasteiger partial charge in [-0.25, -0.2) is 4.98 Å². The lowest BCUT2D eigenvalue weighted by Gasteiger charge is -2.29. The van der Waals surface area contributed by atoms with E-state index in [1.807, 2.05) is 0 Å². The summed E-state index contributed by atoms with van der Waals surface area (Å²) in [7, 11) is 0. The van der Waals surface area contributed by atoms with Gasteiger partial charge in [-0.15, -0.1) is 0 Å². The third-order valence-corrected chi connectivity index (χ3v) is 4.80. The lowest BCUT2D eigenvalue weighted by molar-refractivity contribution is 0.228. The summed E-state index contributed by atoms with van der Waals surface area (Å²) in [6, 6.07) is 5.16.